The topological polar surface area (TPSA) is 199 Å². The molecule has 2 amide bonds. The Bertz CT molecular complexity index is 976. The number of hydrogen-bond acceptors (Lipinski definition) is 14. The van der Waals surface area contributed by atoms with Gasteiger partial charge >= 0.3 is 41.7 Å². The lowest BCUT2D eigenvalue weighted by atomic mass is 9.96. The van der Waals surface area contributed by atoms with E-state index >= 15 is 0 Å². The molecule has 0 bridgehead atoms. The second-order valence-corrected chi connectivity index (χ2v) is 18.0. The molecule has 0 spiro atoms. The van der Waals surface area contributed by atoms with Gasteiger partial charge in [0.15, 0.2) is 0 Å². The molecule has 0 saturated heterocycles. The number of alkyl carbamates (subject to hydrolysis) is 1. The number of carbonyl (C=O) groups excluding carboxylic acids is 4. The van der Waals surface area contributed by atoms with Crippen molar-refractivity contribution in [3.05, 3.63) is 25.3 Å². The van der Waals surface area contributed by atoms with Crippen molar-refractivity contribution in [2.24, 2.45) is 11.1 Å². The Morgan fingerprint density at radius 1 is 0.566 bits per heavy atom. The van der Waals surface area contributed by atoms with Crippen LogP contribution in [-0.4, -0.2) is 113 Å². The third-order valence-electron chi connectivity index (χ3n) is 6.90. The number of carbonyl (C=O) groups is 4. The summed E-state index contributed by atoms with van der Waals surface area (Å²) >= 11 is 0. The first kappa shape index (κ1) is 52.3. The summed E-state index contributed by atoms with van der Waals surface area (Å²) in [7, 11) is -4.99. The quantitative estimate of drug-likeness (QED) is 0.0295. The van der Waals surface area contributed by atoms with Gasteiger partial charge in [0.2, 0.25) is 0 Å². The molecule has 310 valence electrons. The van der Waals surface area contributed by atoms with Crippen LogP contribution in [0.5, 0.6) is 0 Å². The molecule has 0 aromatic heterocycles. The predicted octanol–water partition coefficient (Wildman–Crippen LogP) is 5.69. The molecular formula is C35H68N2O14Si2. The minimum atomic E-state index is -2.50. The van der Waals surface area contributed by atoms with E-state index < -0.39 is 52.7 Å². The minimum absolute atomic E-state index is 0.0548. The highest BCUT2D eigenvalue weighted by molar-refractivity contribution is 6.61. The van der Waals surface area contributed by atoms with Gasteiger partial charge in [-0.2, -0.15) is 0 Å². The molecule has 0 rings (SSSR count). The molecule has 0 atom stereocenters. The first-order chi connectivity index (χ1) is 25.0. The summed E-state index contributed by atoms with van der Waals surface area (Å²) in [5, 5.41) is 2.47. The molecule has 0 aliphatic carbocycles. The summed E-state index contributed by atoms with van der Waals surface area (Å²) in [4.78, 5) is 45.3. The standard InChI is InChI=1S/C18H42O6Si2.C17H26N2O8/c1-7-19-25(20-8-2,21-9-3)17-15-13-14-16-18-26(22-10-4,23-11-5)24-12-6;1-6-12(20)24-10-17(5,11-25-13(21)7-2)19-15(23)27-9-16(3,4)8-26-14(18)22/h7-18H2,1-6H3;6-7H,1-2,8-11H2,3-5H3,(H2,18,22)(H,19,23). The lowest BCUT2D eigenvalue weighted by Crippen LogP contribution is -2.54. The SMILES string of the molecule is C=CC(=O)OCC(C)(COC(=O)C=C)NC(=O)OCC(C)(C)COC(N)=O.CCO[Si](CCCCCC[Si](OCC)(OCC)OCC)(OCC)OCC. The monoisotopic (exact) mass is 796 g/mol. The van der Waals surface area contributed by atoms with Crippen LogP contribution in [0.25, 0.3) is 0 Å². The van der Waals surface area contributed by atoms with Crippen LogP contribution < -0.4 is 11.1 Å². The van der Waals surface area contributed by atoms with Crippen molar-refractivity contribution in [2.75, 3.05) is 66.1 Å². The van der Waals surface area contributed by atoms with Crippen LogP contribution in [0, 0.1) is 5.41 Å². The second kappa shape index (κ2) is 29.5. The van der Waals surface area contributed by atoms with Gasteiger partial charge in [-0.3, -0.25) is 0 Å². The number of unbranched alkanes of at least 4 members (excludes halogenated alkanes) is 3. The van der Waals surface area contributed by atoms with E-state index in [2.05, 4.69) is 23.2 Å². The Morgan fingerprint density at radius 2 is 0.906 bits per heavy atom. The summed E-state index contributed by atoms with van der Waals surface area (Å²) in [5.74, 6) is -1.42. The Kier molecular flexibility index (Phi) is 29.1. The van der Waals surface area contributed by atoms with Gasteiger partial charge in [0.05, 0.1) is 0 Å². The summed E-state index contributed by atoms with van der Waals surface area (Å²) in [6.07, 6.45) is 4.47. The Balaban J connectivity index is 0. The molecular weight excluding hydrogens is 729 g/mol. The highest BCUT2D eigenvalue weighted by atomic mass is 28.4. The number of nitrogens with one attached hydrogen (secondary N) is 1. The number of ether oxygens (including phenoxy) is 4. The van der Waals surface area contributed by atoms with Crippen molar-refractivity contribution in [2.45, 2.75) is 106 Å². The zero-order chi connectivity index (χ0) is 40.8. The van der Waals surface area contributed by atoms with E-state index in [1.165, 1.54) is 6.92 Å². The third kappa shape index (κ3) is 25.7. The normalized spacial score (nSPS) is 11.8. The van der Waals surface area contributed by atoms with Crippen molar-refractivity contribution in [1.29, 1.82) is 0 Å². The van der Waals surface area contributed by atoms with Crippen LogP contribution in [0.2, 0.25) is 12.1 Å². The van der Waals surface area contributed by atoms with Gasteiger partial charge in [0.25, 0.3) is 0 Å². The van der Waals surface area contributed by atoms with Gasteiger partial charge in [0, 0.05) is 69.3 Å². The number of nitrogens with two attached hydrogens (primary N) is 1. The van der Waals surface area contributed by atoms with E-state index in [0.29, 0.717) is 39.6 Å². The first-order valence-electron chi connectivity index (χ1n) is 18.3. The van der Waals surface area contributed by atoms with Gasteiger partial charge in [-0.1, -0.05) is 39.8 Å². The Hall–Kier alpha value is -2.85. The summed E-state index contributed by atoms with van der Waals surface area (Å²) in [6, 6.07) is 1.76. The molecule has 18 heteroatoms. The lowest BCUT2D eigenvalue weighted by molar-refractivity contribution is -0.144. The van der Waals surface area contributed by atoms with Gasteiger partial charge in [0.1, 0.15) is 32.0 Å². The van der Waals surface area contributed by atoms with E-state index in [4.69, 9.17) is 46.5 Å². The third-order valence-corrected chi connectivity index (χ3v) is 13.2. The summed E-state index contributed by atoms with van der Waals surface area (Å²) < 4.78 is 55.1. The van der Waals surface area contributed by atoms with Crippen molar-refractivity contribution in [3.63, 3.8) is 0 Å². The highest BCUT2D eigenvalue weighted by Gasteiger charge is 2.41. The zero-order valence-electron chi connectivity index (χ0n) is 33.7. The van der Waals surface area contributed by atoms with Gasteiger partial charge in [-0.25, -0.2) is 19.2 Å². The smallest absolute Gasteiger partial charge is 0.460 e. The highest BCUT2D eigenvalue weighted by Crippen LogP contribution is 2.23. The van der Waals surface area contributed by atoms with E-state index in [9.17, 15) is 19.2 Å². The zero-order valence-corrected chi connectivity index (χ0v) is 35.7. The van der Waals surface area contributed by atoms with E-state index in [1.54, 1.807) is 13.8 Å². The summed E-state index contributed by atoms with van der Waals surface area (Å²) in [6.45, 7) is 26.5. The number of esters is 2. The Morgan fingerprint density at radius 3 is 1.21 bits per heavy atom. The number of amides is 2. The van der Waals surface area contributed by atoms with Crippen LogP contribution in [0.4, 0.5) is 9.59 Å². The predicted molar refractivity (Wildman–Crippen MR) is 204 cm³/mol. The molecule has 0 fully saturated rings. The van der Waals surface area contributed by atoms with Crippen molar-refractivity contribution in [1.82, 2.24) is 5.32 Å². The van der Waals surface area contributed by atoms with Gasteiger partial charge in [-0.15, -0.1) is 0 Å². The Labute approximate surface area is 319 Å². The summed E-state index contributed by atoms with van der Waals surface area (Å²) in [5.41, 5.74) is 2.95. The fraction of sp³-hybridized carbons (Fsp3) is 0.771. The molecule has 3 N–H and O–H groups in total. The molecule has 0 saturated carbocycles. The molecule has 0 aromatic carbocycles. The maximum absolute atomic E-state index is 12.1. The maximum atomic E-state index is 12.1. The van der Waals surface area contributed by atoms with Crippen molar-refractivity contribution < 1.29 is 64.7 Å². The van der Waals surface area contributed by atoms with Gasteiger partial charge < -0.3 is 56.6 Å². The van der Waals surface area contributed by atoms with E-state index in [1.807, 2.05) is 41.5 Å². The fourth-order valence-corrected chi connectivity index (χ4v) is 9.95. The number of hydrogen-bond donors (Lipinski definition) is 2. The van der Waals surface area contributed by atoms with Crippen LogP contribution in [0.1, 0.15) is 88.0 Å². The average molecular weight is 797 g/mol. The molecule has 0 radical (unpaired) electrons. The fourth-order valence-electron chi connectivity index (χ4n) is 4.58. The second-order valence-electron chi connectivity index (χ2n) is 12.5. The van der Waals surface area contributed by atoms with Gasteiger partial charge in [-0.05, 0) is 61.3 Å². The maximum Gasteiger partial charge on any atom is 0.500 e. The minimum Gasteiger partial charge on any atom is -0.460 e. The number of rotatable bonds is 30. The molecule has 0 aromatic rings. The molecule has 0 heterocycles. The molecule has 0 aliphatic rings. The van der Waals surface area contributed by atoms with E-state index in [-0.39, 0.29) is 26.4 Å². The van der Waals surface area contributed by atoms with E-state index in [0.717, 1.165) is 49.9 Å². The first-order valence-corrected chi connectivity index (χ1v) is 22.2. The van der Waals surface area contributed by atoms with Crippen LogP contribution in [-0.2, 0) is 55.1 Å². The molecule has 0 aliphatic heterocycles. The largest absolute Gasteiger partial charge is 0.500 e. The molecule has 53 heavy (non-hydrogen) atoms. The lowest BCUT2D eigenvalue weighted by Gasteiger charge is -2.30. The van der Waals surface area contributed by atoms with Crippen molar-refractivity contribution >= 4 is 41.7 Å². The van der Waals surface area contributed by atoms with Crippen molar-refractivity contribution in [3.8, 4) is 0 Å². The van der Waals surface area contributed by atoms with Crippen LogP contribution >= 0.6 is 0 Å². The molecule has 16 nitrogen and oxygen atoms in total. The van der Waals surface area contributed by atoms with Crippen LogP contribution in [0.15, 0.2) is 25.3 Å². The molecule has 0 unspecified atom stereocenters. The number of primary amides is 1. The van der Waals surface area contributed by atoms with Crippen LogP contribution in [0.3, 0.4) is 0 Å². The average Bonchev–Trinajstić information content (AvgIpc) is 3.10.